The number of nitrogens with one attached hydrogen (secondary N) is 2. The molecule has 2 N–H and O–H groups in total. The molecule has 3 amide bonds. The average molecular weight is 335 g/mol. The van der Waals surface area contributed by atoms with Gasteiger partial charge >= 0.3 is 0 Å². The summed E-state index contributed by atoms with van der Waals surface area (Å²) < 4.78 is 13.3. The maximum atomic E-state index is 13.3. The number of hydroxylamine groups is 1. The molecule has 128 valence electrons. The molecule has 2 aliphatic heterocycles. The van der Waals surface area contributed by atoms with E-state index in [-0.39, 0.29) is 24.8 Å². The highest BCUT2D eigenvalue weighted by Crippen LogP contribution is 2.32. The van der Waals surface area contributed by atoms with Gasteiger partial charge in [0.05, 0.1) is 12.5 Å². The second-order valence-corrected chi connectivity index (χ2v) is 5.84. The predicted octanol–water partition coefficient (Wildman–Crippen LogP) is 0.922. The molecule has 1 atom stereocenters. The van der Waals surface area contributed by atoms with Crippen molar-refractivity contribution in [1.82, 2.24) is 10.4 Å². The number of amides is 3. The minimum Gasteiger partial charge on any atom is -0.340 e. The number of anilines is 1. The Hall–Kier alpha value is -2.48. The molecule has 0 saturated carbocycles. The number of benzene rings is 1. The van der Waals surface area contributed by atoms with Crippen molar-refractivity contribution in [2.45, 2.75) is 25.2 Å². The maximum absolute atomic E-state index is 13.3. The Morgan fingerprint density at radius 3 is 3.00 bits per heavy atom. The molecule has 24 heavy (non-hydrogen) atoms. The Kier molecular flexibility index (Phi) is 4.75. The molecule has 1 fully saturated rings. The van der Waals surface area contributed by atoms with Gasteiger partial charge in [-0.2, -0.15) is 0 Å². The molecule has 3 rings (SSSR count). The Labute approximate surface area is 138 Å². The lowest BCUT2D eigenvalue weighted by molar-refractivity contribution is -0.138. The normalized spacial score (nSPS) is 19.9. The van der Waals surface area contributed by atoms with Crippen molar-refractivity contribution < 1.29 is 23.6 Å². The molecule has 1 aromatic rings. The Balaban J connectivity index is 1.55. The number of hydrogen-bond acceptors (Lipinski definition) is 4. The Morgan fingerprint density at radius 2 is 2.25 bits per heavy atom. The van der Waals surface area contributed by atoms with Crippen molar-refractivity contribution >= 4 is 23.4 Å². The van der Waals surface area contributed by atoms with Crippen molar-refractivity contribution in [2.24, 2.45) is 0 Å². The molecule has 7 nitrogen and oxygen atoms in total. The first-order chi connectivity index (χ1) is 11.5. The maximum Gasteiger partial charge on any atom is 0.251 e. The van der Waals surface area contributed by atoms with Crippen molar-refractivity contribution in [2.75, 3.05) is 25.0 Å². The van der Waals surface area contributed by atoms with Gasteiger partial charge in [-0.3, -0.25) is 19.2 Å². The van der Waals surface area contributed by atoms with Gasteiger partial charge in [-0.15, -0.1) is 0 Å². The molecule has 1 unspecified atom stereocenters. The first-order valence-electron chi connectivity index (χ1n) is 7.83. The lowest BCUT2D eigenvalue weighted by atomic mass is 9.90. The standard InChI is InChI=1S/C16H18FN3O4/c17-10-3-4-11-12(9-14(21)18-13(11)8-10)16(23)19-24-7-6-20-5-1-2-15(20)22/h3-4,8,12H,1-2,5-7,9H2,(H,18,21)(H,19,23). The van der Waals surface area contributed by atoms with Gasteiger partial charge in [0, 0.05) is 31.6 Å². The molecular weight excluding hydrogens is 317 g/mol. The molecule has 2 aliphatic rings. The van der Waals surface area contributed by atoms with E-state index in [0.29, 0.717) is 30.8 Å². The van der Waals surface area contributed by atoms with Gasteiger partial charge in [0.2, 0.25) is 11.8 Å². The van der Waals surface area contributed by atoms with Gasteiger partial charge in [0.25, 0.3) is 5.91 Å². The number of halogens is 1. The zero-order valence-electron chi connectivity index (χ0n) is 13.0. The number of carbonyl (C=O) groups excluding carboxylic acids is 3. The predicted molar refractivity (Wildman–Crippen MR) is 82.3 cm³/mol. The molecule has 0 radical (unpaired) electrons. The fraction of sp³-hybridized carbons (Fsp3) is 0.438. The van der Waals surface area contributed by atoms with E-state index in [2.05, 4.69) is 10.8 Å². The zero-order chi connectivity index (χ0) is 17.1. The van der Waals surface area contributed by atoms with Crippen molar-refractivity contribution in [3.63, 3.8) is 0 Å². The van der Waals surface area contributed by atoms with Crippen LogP contribution in [0, 0.1) is 5.82 Å². The summed E-state index contributed by atoms with van der Waals surface area (Å²) in [7, 11) is 0. The third-order valence-electron chi connectivity index (χ3n) is 4.18. The summed E-state index contributed by atoms with van der Waals surface area (Å²) in [5.74, 6) is -1.95. The third-order valence-corrected chi connectivity index (χ3v) is 4.18. The second-order valence-electron chi connectivity index (χ2n) is 5.84. The van der Waals surface area contributed by atoms with E-state index >= 15 is 0 Å². The number of rotatable bonds is 5. The Bertz CT molecular complexity index is 679. The lowest BCUT2D eigenvalue weighted by Gasteiger charge is -2.24. The molecule has 1 aromatic carbocycles. The molecule has 2 heterocycles. The van der Waals surface area contributed by atoms with Crippen LogP contribution in [0.3, 0.4) is 0 Å². The first kappa shape index (κ1) is 16.4. The second kappa shape index (κ2) is 6.96. The number of hydrogen-bond donors (Lipinski definition) is 2. The molecule has 1 saturated heterocycles. The van der Waals surface area contributed by atoms with Crippen LogP contribution < -0.4 is 10.8 Å². The SMILES string of the molecule is O=C1CC(C(=O)NOCCN2CCCC2=O)c2ccc(F)cc2N1. The van der Waals surface area contributed by atoms with Crippen LogP contribution in [0.1, 0.15) is 30.7 Å². The molecule has 0 bridgehead atoms. The van der Waals surface area contributed by atoms with E-state index in [1.807, 2.05) is 0 Å². The van der Waals surface area contributed by atoms with Gasteiger partial charge in [0.1, 0.15) is 5.82 Å². The van der Waals surface area contributed by atoms with E-state index in [4.69, 9.17) is 4.84 Å². The van der Waals surface area contributed by atoms with Crippen LogP contribution >= 0.6 is 0 Å². The van der Waals surface area contributed by atoms with E-state index in [9.17, 15) is 18.8 Å². The summed E-state index contributed by atoms with van der Waals surface area (Å²) in [6, 6.07) is 3.92. The number of carbonyl (C=O) groups is 3. The number of fused-ring (bicyclic) bond motifs is 1. The summed E-state index contributed by atoms with van der Waals surface area (Å²) in [5, 5.41) is 2.55. The highest BCUT2D eigenvalue weighted by atomic mass is 19.1. The van der Waals surface area contributed by atoms with Gasteiger partial charge in [-0.25, -0.2) is 9.87 Å². The van der Waals surface area contributed by atoms with Crippen LogP contribution in [-0.2, 0) is 19.2 Å². The molecule has 0 aromatic heterocycles. The fourth-order valence-corrected chi connectivity index (χ4v) is 2.96. The largest absolute Gasteiger partial charge is 0.340 e. The first-order valence-corrected chi connectivity index (χ1v) is 7.83. The summed E-state index contributed by atoms with van der Waals surface area (Å²) in [6.07, 6.45) is 1.37. The van der Waals surface area contributed by atoms with E-state index in [0.717, 1.165) is 6.42 Å². The van der Waals surface area contributed by atoms with Crippen LogP contribution in [0.4, 0.5) is 10.1 Å². The number of nitrogens with zero attached hydrogens (tertiary/aromatic N) is 1. The summed E-state index contributed by atoms with van der Waals surface area (Å²) in [5.41, 5.74) is 3.16. The quantitative estimate of drug-likeness (QED) is 0.619. The lowest BCUT2D eigenvalue weighted by Crippen LogP contribution is -2.37. The Morgan fingerprint density at radius 1 is 1.42 bits per heavy atom. The van der Waals surface area contributed by atoms with Crippen LogP contribution in [0.15, 0.2) is 18.2 Å². The van der Waals surface area contributed by atoms with Crippen molar-refractivity contribution in [3.05, 3.63) is 29.6 Å². The minimum atomic E-state index is -0.734. The van der Waals surface area contributed by atoms with Crippen molar-refractivity contribution in [3.8, 4) is 0 Å². The smallest absolute Gasteiger partial charge is 0.251 e. The topological polar surface area (TPSA) is 87.7 Å². The van der Waals surface area contributed by atoms with Crippen LogP contribution in [0.5, 0.6) is 0 Å². The van der Waals surface area contributed by atoms with E-state index in [1.165, 1.54) is 18.2 Å². The molecule has 0 spiro atoms. The zero-order valence-corrected chi connectivity index (χ0v) is 13.0. The number of likely N-dealkylation sites (tertiary alicyclic amines) is 1. The van der Waals surface area contributed by atoms with Crippen molar-refractivity contribution in [1.29, 1.82) is 0 Å². The molecule has 0 aliphatic carbocycles. The van der Waals surface area contributed by atoms with Crippen LogP contribution in [0.25, 0.3) is 0 Å². The van der Waals surface area contributed by atoms with Crippen LogP contribution in [0.2, 0.25) is 0 Å². The van der Waals surface area contributed by atoms with Crippen LogP contribution in [-0.4, -0.2) is 42.3 Å². The summed E-state index contributed by atoms with van der Waals surface area (Å²) in [4.78, 5) is 42.2. The summed E-state index contributed by atoms with van der Waals surface area (Å²) >= 11 is 0. The van der Waals surface area contributed by atoms with Gasteiger partial charge in [0.15, 0.2) is 0 Å². The molecular formula is C16H18FN3O4. The highest BCUT2D eigenvalue weighted by molar-refractivity contribution is 6.00. The highest BCUT2D eigenvalue weighted by Gasteiger charge is 2.31. The third kappa shape index (κ3) is 3.53. The fourth-order valence-electron chi connectivity index (χ4n) is 2.96. The monoisotopic (exact) mass is 335 g/mol. The minimum absolute atomic E-state index is 0.0293. The van der Waals surface area contributed by atoms with Gasteiger partial charge in [-0.1, -0.05) is 6.07 Å². The van der Waals surface area contributed by atoms with Gasteiger partial charge in [-0.05, 0) is 24.1 Å². The molecule has 8 heteroatoms. The average Bonchev–Trinajstić information content (AvgIpc) is 2.95. The van der Waals surface area contributed by atoms with Gasteiger partial charge < -0.3 is 10.2 Å². The summed E-state index contributed by atoms with van der Waals surface area (Å²) in [6.45, 7) is 1.29. The van der Waals surface area contributed by atoms with E-state index in [1.54, 1.807) is 4.90 Å². The van der Waals surface area contributed by atoms with E-state index < -0.39 is 17.6 Å².